The van der Waals surface area contributed by atoms with E-state index >= 15 is 0 Å². The van der Waals surface area contributed by atoms with Gasteiger partial charge >= 0.3 is 163 Å². The summed E-state index contributed by atoms with van der Waals surface area (Å²) in [5, 5.41) is 0.459. The van der Waals surface area contributed by atoms with Crippen molar-refractivity contribution in [3.05, 3.63) is 77.7 Å². The van der Waals surface area contributed by atoms with Gasteiger partial charge in [0.2, 0.25) is 0 Å². The second-order valence-corrected chi connectivity index (χ2v) is 10.4. The first kappa shape index (κ1) is 19.7. The third-order valence-electron chi connectivity index (χ3n) is 3.52. The summed E-state index contributed by atoms with van der Waals surface area (Å²) in [4.78, 5) is 4.36. The van der Waals surface area contributed by atoms with Gasteiger partial charge in [-0.05, 0) is 0 Å². The van der Waals surface area contributed by atoms with Gasteiger partial charge in [0.05, 0.1) is 0 Å². The quantitative estimate of drug-likeness (QED) is 0.418. The average Bonchev–Trinajstić information content (AvgIpc) is 2.64. The van der Waals surface area contributed by atoms with Crippen LogP contribution in [0.25, 0.3) is 0 Å². The summed E-state index contributed by atoms with van der Waals surface area (Å²) in [5.74, 6) is -0.990. The van der Waals surface area contributed by atoms with Crippen LogP contribution in [-0.2, 0) is 0 Å². The maximum atomic E-state index is 14.1. The van der Waals surface area contributed by atoms with Gasteiger partial charge in [-0.1, -0.05) is 0 Å². The fraction of sp³-hybridized carbons (Fsp3) is 0.105. The molecular formula is C19H13AsClF4NO. The molecule has 140 valence electrons. The third kappa shape index (κ3) is 5.02. The van der Waals surface area contributed by atoms with Gasteiger partial charge in [-0.15, -0.1) is 0 Å². The van der Waals surface area contributed by atoms with E-state index in [1.807, 2.05) is 30.3 Å². The molecule has 3 aromatic rings. The van der Waals surface area contributed by atoms with E-state index in [0.717, 1.165) is 10.4 Å². The second kappa shape index (κ2) is 8.76. The van der Waals surface area contributed by atoms with E-state index in [0.29, 0.717) is 13.9 Å². The van der Waals surface area contributed by atoms with Crippen LogP contribution in [0.4, 0.5) is 17.6 Å². The Morgan fingerprint density at radius 2 is 1.67 bits per heavy atom. The molecule has 0 saturated heterocycles. The van der Waals surface area contributed by atoms with E-state index in [4.69, 9.17) is 11.6 Å². The van der Waals surface area contributed by atoms with Crippen LogP contribution in [0.3, 0.4) is 0 Å². The topological polar surface area (TPSA) is 22.1 Å². The van der Waals surface area contributed by atoms with Crippen molar-refractivity contribution in [2.75, 3.05) is 0 Å². The molecule has 2 atom stereocenters. The zero-order valence-electron chi connectivity index (χ0n) is 13.7. The number of pyridine rings is 1. The van der Waals surface area contributed by atoms with E-state index in [1.54, 1.807) is 12.1 Å². The van der Waals surface area contributed by atoms with E-state index in [1.165, 1.54) is 18.3 Å². The Balaban J connectivity index is 2.07. The number of alkyl halides is 3. The number of hydrogen-bond acceptors (Lipinski definition) is 2. The minimum atomic E-state index is -3.32. The number of aromatic nitrogens is 1. The average molecular weight is 458 g/mol. The minimum absolute atomic E-state index is 0.290. The van der Waals surface area contributed by atoms with Crippen molar-refractivity contribution in [3.8, 4) is 5.75 Å². The number of benzene rings is 2. The molecule has 0 spiro atoms. The number of nitrogens with zero attached hydrogens (tertiary/aromatic N) is 1. The maximum absolute atomic E-state index is 14.1. The summed E-state index contributed by atoms with van der Waals surface area (Å²) in [6.07, 6.45) is -4.66. The Kier molecular flexibility index (Phi) is 6.40. The SMILES string of the molecule is Fc1cc(OC(F)C(F)F)cc([As](c2ccccc2)c2ccc(Cl)cn2)c1. The van der Waals surface area contributed by atoms with Crippen LogP contribution in [0, 0.1) is 5.82 Å². The molecule has 8 heteroatoms. The molecule has 0 saturated carbocycles. The third-order valence-corrected chi connectivity index (χ3v) is 8.59. The normalized spacial score (nSPS) is 13.4. The first-order valence-corrected chi connectivity index (χ1v) is 11.0. The van der Waals surface area contributed by atoms with Crippen molar-refractivity contribution in [3.63, 3.8) is 0 Å². The van der Waals surface area contributed by atoms with Crippen molar-refractivity contribution in [1.82, 2.24) is 4.98 Å². The molecule has 1 heterocycles. The van der Waals surface area contributed by atoms with E-state index in [9.17, 15) is 17.6 Å². The molecule has 0 fully saturated rings. The fourth-order valence-electron chi connectivity index (χ4n) is 2.42. The van der Waals surface area contributed by atoms with Crippen LogP contribution in [0.1, 0.15) is 0 Å². The van der Waals surface area contributed by atoms with E-state index in [-0.39, 0.29) is 5.75 Å². The summed E-state index contributed by atoms with van der Waals surface area (Å²) < 4.78 is 59.0. The molecule has 0 aliphatic rings. The van der Waals surface area contributed by atoms with Crippen molar-refractivity contribution >= 4 is 39.4 Å². The van der Waals surface area contributed by atoms with Crippen molar-refractivity contribution in [2.45, 2.75) is 12.8 Å². The van der Waals surface area contributed by atoms with Gasteiger partial charge in [-0.3, -0.25) is 0 Å². The summed E-state index contributed by atoms with van der Waals surface area (Å²) in [6, 6.07) is 16.3. The zero-order valence-corrected chi connectivity index (χ0v) is 16.3. The first-order valence-electron chi connectivity index (χ1n) is 7.80. The molecule has 2 unspecified atom stereocenters. The number of halogens is 5. The van der Waals surface area contributed by atoms with Gasteiger partial charge in [0, 0.05) is 0 Å². The van der Waals surface area contributed by atoms with Gasteiger partial charge in [0.25, 0.3) is 0 Å². The van der Waals surface area contributed by atoms with Crippen molar-refractivity contribution < 1.29 is 22.3 Å². The molecule has 0 N–H and O–H groups in total. The number of rotatable bonds is 6. The molecule has 0 bridgehead atoms. The van der Waals surface area contributed by atoms with Gasteiger partial charge < -0.3 is 0 Å². The summed E-state index contributed by atoms with van der Waals surface area (Å²) in [7, 11) is 0. The molecule has 0 radical (unpaired) electrons. The van der Waals surface area contributed by atoms with Gasteiger partial charge in [-0.2, -0.15) is 0 Å². The fourth-order valence-corrected chi connectivity index (χ4v) is 7.15. The Hall–Kier alpha value is -2.04. The Morgan fingerprint density at radius 3 is 2.30 bits per heavy atom. The molecule has 2 nitrogen and oxygen atoms in total. The molecule has 0 amide bonds. The Labute approximate surface area is 163 Å². The summed E-state index contributed by atoms with van der Waals surface area (Å²) in [6.45, 7) is 0. The van der Waals surface area contributed by atoms with Crippen LogP contribution in [0.15, 0.2) is 66.9 Å². The van der Waals surface area contributed by atoms with E-state index < -0.39 is 33.3 Å². The van der Waals surface area contributed by atoms with Crippen LogP contribution >= 0.6 is 11.6 Å². The molecule has 0 aliphatic heterocycles. The number of hydrogen-bond donors (Lipinski definition) is 0. The van der Waals surface area contributed by atoms with E-state index in [2.05, 4.69) is 9.72 Å². The van der Waals surface area contributed by atoms with Gasteiger partial charge in [-0.25, -0.2) is 0 Å². The Morgan fingerprint density at radius 1 is 0.926 bits per heavy atom. The predicted molar refractivity (Wildman–Crippen MR) is 98.3 cm³/mol. The monoisotopic (exact) mass is 457 g/mol. The van der Waals surface area contributed by atoms with Crippen LogP contribution in [-0.4, -0.2) is 32.4 Å². The summed E-state index contributed by atoms with van der Waals surface area (Å²) in [5.41, 5.74) is 0. The van der Waals surface area contributed by atoms with Crippen molar-refractivity contribution in [1.29, 1.82) is 0 Å². The number of ether oxygens (including phenoxy) is 1. The van der Waals surface area contributed by atoms with Crippen LogP contribution < -0.4 is 17.9 Å². The first-order chi connectivity index (χ1) is 12.9. The molecular weight excluding hydrogens is 445 g/mol. The Bertz CT molecular complexity index is 896. The van der Waals surface area contributed by atoms with Crippen molar-refractivity contribution in [2.24, 2.45) is 0 Å². The molecule has 1 aromatic heterocycles. The standard InChI is InChI=1S/C19H13AsClF4NO/c21-14-6-7-17(26-11-14)20(12-4-2-1-3-5-12)13-8-15(22)10-16(9-13)27-19(25)18(23)24/h1-11,18-19H. The zero-order chi connectivity index (χ0) is 19.4. The predicted octanol–water partition coefficient (Wildman–Crippen LogP) is 3.33. The molecule has 2 aromatic carbocycles. The molecule has 0 aliphatic carbocycles. The van der Waals surface area contributed by atoms with Crippen LogP contribution in [0.5, 0.6) is 5.75 Å². The summed E-state index contributed by atoms with van der Waals surface area (Å²) >= 11 is 3.57. The molecule has 3 rings (SSSR count). The van der Waals surface area contributed by atoms with Gasteiger partial charge in [0.15, 0.2) is 0 Å². The second-order valence-electron chi connectivity index (χ2n) is 5.45. The van der Waals surface area contributed by atoms with Gasteiger partial charge in [0.1, 0.15) is 0 Å². The molecule has 27 heavy (non-hydrogen) atoms. The van der Waals surface area contributed by atoms with Crippen LogP contribution in [0.2, 0.25) is 5.02 Å².